The molecule has 3 rings (SSSR count). The second kappa shape index (κ2) is 9.80. The van der Waals surface area contributed by atoms with Crippen molar-refractivity contribution in [2.24, 2.45) is 0 Å². The molecule has 0 spiro atoms. The normalized spacial score (nSPS) is 16.2. The highest BCUT2D eigenvalue weighted by Gasteiger charge is 2.28. The van der Waals surface area contributed by atoms with E-state index in [-0.39, 0.29) is 4.90 Å². The third-order valence-electron chi connectivity index (χ3n) is 4.92. The summed E-state index contributed by atoms with van der Waals surface area (Å²) in [5.41, 5.74) is 3.35. The van der Waals surface area contributed by atoms with E-state index >= 15 is 0 Å². The Morgan fingerprint density at radius 1 is 1.03 bits per heavy atom. The van der Waals surface area contributed by atoms with Gasteiger partial charge in [-0.05, 0) is 35.8 Å². The lowest BCUT2D eigenvalue weighted by molar-refractivity contribution is -0.124. The van der Waals surface area contributed by atoms with Gasteiger partial charge in [0.15, 0.2) is 0 Å². The molecule has 1 heterocycles. The van der Waals surface area contributed by atoms with E-state index in [2.05, 4.69) is 17.0 Å². The fourth-order valence-corrected chi connectivity index (χ4v) is 4.74. The molecule has 154 valence electrons. The Morgan fingerprint density at radius 3 is 2.45 bits per heavy atom. The number of rotatable bonds is 7. The molecule has 0 bridgehead atoms. The van der Waals surface area contributed by atoms with Crippen molar-refractivity contribution in [3.63, 3.8) is 0 Å². The van der Waals surface area contributed by atoms with Crippen molar-refractivity contribution < 1.29 is 18.4 Å². The Hall–Kier alpha value is -2.52. The van der Waals surface area contributed by atoms with Gasteiger partial charge in [0.05, 0.1) is 4.90 Å². The molecule has 0 unspecified atom stereocenters. The van der Waals surface area contributed by atoms with E-state index in [1.807, 2.05) is 18.2 Å². The van der Waals surface area contributed by atoms with Crippen LogP contribution < -0.4 is 5.48 Å². The summed E-state index contributed by atoms with van der Waals surface area (Å²) in [6.45, 7) is 3.20. The first kappa shape index (κ1) is 21.2. The second-order valence-electron chi connectivity index (χ2n) is 6.86. The summed E-state index contributed by atoms with van der Waals surface area (Å²) >= 11 is 0. The zero-order valence-electron chi connectivity index (χ0n) is 16.1. The molecule has 7 nitrogen and oxygen atoms in total. The van der Waals surface area contributed by atoms with Gasteiger partial charge in [0.25, 0.3) is 5.91 Å². The second-order valence-corrected chi connectivity index (χ2v) is 8.80. The van der Waals surface area contributed by atoms with E-state index in [1.165, 1.54) is 27.5 Å². The van der Waals surface area contributed by atoms with Gasteiger partial charge in [-0.1, -0.05) is 42.5 Å². The Bertz CT molecular complexity index is 953. The fraction of sp³-hybridized carbons (Fsp3) is 0.286. The Kier molecular flexibility index (Phi) is 7.16. The van der Waals surface area contributed by atoms with Gasteiger partial charge in [0, 0.05) is 38.8 Å². The molecule has 29 heavy (non-hydrogen) atoms. The maximum Gasteiger partial charge on any atom is 0.267 e. The van der Waals surface area contributed by atoms with E-state index in [0.29, 0.717) is 31.7 Å². The standard InChI is InChI=1S/C21H25N3O4S/c25-21(22-26)10-9-19-7-4-8-20(17-19)29(27,28)24-15-13-23(14-16-24)12-11-18-5-2-1-3-6-18/h1-10,17,26H,11-16H2,(H,22,25). The van der Waals surface area contributed by atoms with Crippen LogP contribution in [0.4, 0.5) is 0 Å². The Balaban J connectivity index is 1.59. The zero-order chi connectivity index (χ0) is 20.7. The minimum atomic E-state index is -3.60. The fourth-order valence-electron chi connectivity index (χ4n) is 3.26. The predicted molar refractivity (Wildman–Crippen MR) is 111 cm³/mol. The molecule has 0 aliphatic carbocycles. The van der Waals surface area contributed by atoms with E-state index in [1.54, 1.807) is 18.2 Å². The van der Waals surface area contributed by atoms with Crippen molar-refractivity contribution in [1.29, 1.82) is 0 Å². The molecular formula is C21H25N3O4S. The van der Waals surface area contributed by atoms with Crippen LogP contribution in [0.15, 0.2) is 65.6 Å². The third kappa shape index (κ3) is 5.74. The van der Waals surface area contributed by atoms with Crippen molar-refractivity contribution in [3.05, 3.63) is 71.8 Å². The van der Waals surface area contributed by atoms with Crippen molar-refractivity contribution in [2.75, 3.05) is 32.7 Å². The van der Waals surface area contributed by atoms with Gasteiger partial charge < -0.3 is 4.90 Å². The number of nitrogens with zero attached hydrogens (tertiary/aromatic N) is 2. The number of nitrogens with one attached hydrogen (secondary N) is 1. The van der Waals surface area contributed by atoms with Crippen LogP contribution in [0.1, 0.15) is 11.1 Å². The molecule has 2 aromatic rings. The van der Waals surface area contributed by atoms with Gasteiger partial charge in [-0.25, -0.2) is 13.9 Å². The van der Waals surface area contributed by atoms with E-state index in [9.17, 15) is 13.2 Å². The first-order chi connectivity index (χ1) is 14.0. The SMILES string of the molecule is O=C(C=Cc1cccc(S(=O)(=O)N2CCN(CCc3ccccc3)CC2)c1)NO. The molecule has 2 aromatic carbocycles. The van der Waals surface area contributed by atoms with Crippen LogP contribution in [0, 0.1) is 0 Å². The van der Waals surface area contributed by atoms with Crippen LogP contribution >= 0.6 is 0 Å². The summed E-state index contributed by atoms with van der Waals surface area (Å²) < 4.78 is 27.5. The molecule has 1 fully saturated rings. The highest BCUT2D eigenvalue weighted by molar-refractivity contribution is 7.89. The van der Waals surface area contributed by atoms with Crippen molar-refractivity contribution in [3.8, 4) is 0 Å². The number of sulfonamides is 1. The average molecular weight is 416 g/mol. The largest absolute Gasteiger partial charge is 0.300 e. The zero-order valence-corrected chi connectivity index (χ0v) is 16.9. The Labute approximate surface area is 171 Å². The number of piperazine rings is 1. The van der Waals surface area contributed by atoms with Gasteiger partial charge in [0.1, 0.15) is 0 Å². The highest BCUT2D eigenvalue weighted by atomic mass is 32.2. The topological polar surface area (TPSA) is 90.0 Å². The summed E-state index contributed by atoms with van der Waals surface area (Å²) in [6.07, 6.45) is 3.53. The lowest BCUT2D eigenvalue weighted by atomic mass is 10.1. The van der Waals surface area contributed by atoms with Crippen LogP contribution in [0.5, 0.6) is 0 Å². The minimum absolute atomic E-state index is 0.196. The molecule has 0 atom stereocenters. The summed E-state index contributed by atoms with van der Waals surface area (Å²) in [5, 5.41) is 8.53. The van der Waals surface area contributed by atoms with Crippen molar-refractivity contribution in [2.45, 2.75) is 11.3 Å². The van der Waals surface area contributed by atoms with Crippen LogP contribution in [0.3, 0.4) is 0 Å². The van der Waals surface area contributed by atoms with E-state index in [4.69, 9.17) is 5.21 Å². The van der Waals surface area contributed by atoms with Crippen molar-refractivity contribution >= 4 is 22.0 Å². The predicted octanol–water partition coefficient (Wildman–Crippen LogP) is 1.75. The monoisotopic (exact) mass is 415 g/mol. The number of carbonyl (C=O) groups is 1. The Morgan fingerprint density at radius 2 is 1.76 bits per heavy atom. The summed E-state index contributed by atoms with van der Waals surface area (Å²) in [7, 11) is -3.60. The molecule has 1 saturated heterocycles. The van der Waals surface area contributed by atoms with Gasteiger partial charge in [-0.3, -0.25) is 10.0 Å². The third-order valence-corrected chi connectivity index (χ3v) is 6.82. The van der Waals surface area contributed by atoms with E-state index < -0.39 is 15.9 Å². The molecule has 2 N–H and O–H groups in total. The van der Waals surface area contributed by atoms with Gasteiger partial charge in [0.2, 0.25) is 10.0 Å². The van der Waals surface area contributed by atoms with Gasteiger partial charge in [-0.15, -0.1) is 0 Å². The average Bonchev–Trinajstić information content (AvgIpc) is 2.77. The van der Waals surface area contributed by atoms with Gasteiger partial charge >= 0.3 is 0 Å². The lowest BCUT2D eigenvalue weighted by Crippen LogP contribution is -2.49. The van der Waals surface area contributed by atoms with Crippen LogP contribution in [-0.2, 0) is 21.2 Å². The van der Waals surface area contributed by atoms with Gasteiger partial charge in [-0.2, -0.15) is 4.31 Å². The highest BCUT2D eigenvalue weighted by Crippen LogP contribution is 2.19. The number of amides is 1. The van der Waals surface area contributed by atoms with Crippen LogP contribution in [-0.4, -0.2) is 61.5 Å². The van der Waals surface area contributed by atoms with Crippen molar-refractivity contribution in [1.82, 2.24) is 14.7 Å². The first-order valence-corrected chi connectivity index (χ1v) is 10.9. The molecule has 8 heteroatoms. The molecule has 1 amide bonds. The maximum absolute atomic E-state index is 13.0. The molecule has 1 aliphatic rings. The minimum Gasteiger partial charge on any atom is -0.300 e. The molecular weight excluding hydrogens is 390 g/mol. The number of hydrogen-bond donors (Lipinski definition) is 2. The summed E-state index contributed by atoms with van der Waals surface area (Å²) in [4.78, 5) is 13.6. The van der Waals surface area contributed by atoms with E-state index in [0.717, 1.165) is 19.0 Å². The number of carbonyl (C=O) groups excluding carboxylic acids is 1. The molecule has 0 aromatic heterocycles. The first-order valence-electron chi connectivity index (χ1n) is 9.48. The summed E-state index contributed by atoms with van der Waals surface area (Å²) in [6, 6.07) is 16.7. The molecule has 1 aliphatic heterocycles. The smallest absolute Gasteiger partial charge is 0.267 e. The van der Waals surface area contributed by atoms with Crippen LogP contribution in [0.2, 0.25) is 0 Å². The van der Waals surface area contributed by atoms with Crippen LogP contribution in [0.25, 0.3) is 6.08 Å². The molecule has 0 radical (unpaired) electrons. The quantitative estimate of drug-likeness (QED) is 0.409. The number of benzene rings is 2. The molecule has 0 saturated carbocycles. The number of hydrogen-bond acceptors (Lipinski definition) is 5. The lowest BCUT2D eigenvalue weighted by Gasteiger charge is -2.34. The summed E-state index contributed by atoms with van der Waals surface area (Å²) in [5.74, 6) is -0.676. The number of hydroxylamine groups is 1. The maximum atomic E-state index is 13.0.